The standard InChI is InChI=1S/C19H31NO/c1-9-20(21)15(8)19-17(13(4)5)10-16(12(2)3)11-18(19)14(6)7/h9-15H,1-8H3/b20-9-. The number of benzene rings is 1. The maximum atomic E-state index is 12.1. The smallest absolute Gasteiger partial charge is 0.185 e. The predicted octanol–water partition coefficient (Wildman–Crippen LogP) is 5.72. The van der Waals surface area contributed by atoms with E-state index in [0.29, 0.717) is 17.8 Å². The summed E-state index contributed by atoms with van der Waals surface area (Å²) in [6.07, 6.45) is 1.62. The Labute approximate surface area is 130 Å². The lowest BCUT2D eigenvalue weighted by molar-refractivity contribution is -0.499. The van der Waals surface area contributed by atoms with E-state index in [9.17, 15) is 5.21 Å². The van der Waals surface area contributed by atoms with Crippen molar-refractivity contribution in [1.82, 2.24) is 0 Å². The molecule has 0 N–H and O–H groups in total. The van der Waals surface area contributed by atoms with E-state index in [4.69, 9.17) is 0 Å². The van der Waals surface area contributed by atoms with Gasteiger partial charge < -0.3 is 5.21 Å². The van der Waals surface area contributed by atoms with E-state index in [-0.39, 0.29) is 6.04 Å². The summed E-state index contributed by atoms with van der Waals surface area (Å²) >= 11 is 0. The van der Waals surface area contributed by atoms with E-state index in [1.54, 1.807) is 13.1 Å². The van der Waals surface area contributed by atoms with Crippen molar-refractivity contribution in [1.29, 1.82) is 0 Å². The first-order valence-electron chi connectivity index (χ1n) is 8.13. The van der Waals surface area contributed by atoms with Gasteiger partial charge in [-0.15, -0.1) is 0 Å². The largest absolute Gasteiger partial charge is 0.624 e. The summed E-state index contributed by atoms with van der Waals surface area (Å²) in [5, 5.41) is 12.1. The van der Waals surface area contributed by atoms with Gasteiger partial charge in [0.25, 0.3) is 0 Å². The fourth-order valence-corrected chi connectivity index (χ4v) is 2.84. The molecule has 21 heavy (non-hydrogen) atoms. The van der Waals surface area contributed by atoms with Crippen LogP contribution in [-0.4, -0.2) is 11.0 Å². The molecule has 0 fully saturated rings. The van der Waals surface area contributed by atoms with Crippen LogP contribution in [0.2, 0.25) is 0 Å². The molecule has 118 valence electrons. The van der Waals surface area contributed by atoms with Crippen LogP contribution in [0.25, 0.3) is 0 Å². The van der Waals surface area contributed by atoms with Gasteiger partial charge in [0.2, 0.25) is 0 Å². The Bertz CT molecular complexity index is 483. The molecular weight excluding hydrogens is 258 g/mol. The van der Waals surface area contributed by atoms with Gasteiger partial charge in [0.05, 0.1) is 0 Å². The molecule has 0 spiro atoms. The third kappa shape index (κ3) is 3.87. The monoisotopic (exact) mass is 289 g/mol. The first-order chi connectivity index (χ1) is 9.70. The summed E-state index contributed by atoms with van der Waals surface area (Å²) < 4.78 is 1.07. The summed E-state index contributed by atoms with van der Waals surface area (Å²) in [6.45, 7) is 17.1. The van der Waals surface area contributed by atoms with Crippen molar-refractivity contribution >= 4 is 6.21 Å². The first-order valence-corrected chi connectivity index (χ1v) is 8.13. The molecule has 0 aliphatic carbocycles. The average Bonchev–Trinajstić information content (AvgIpc) is 2.43. The molecule has 1 aromatic rings. The molecule has 1 aromatic carbocycles. The summed E-state index contributed by atoms with van der Waals surface area (Å²) in [7, 11) is 0. The van der Waals surface area contributed by atoms with Crippen molar-refractivity contribution in [3.05, 3.63) is 39.6 Å². The van der Waals surface area contributed by atoms with Crippen molar-refractivity contribution in [3.63, 3.8) is 0 Å². The molecule has 0 saturated carbocycles. The van der Waals surface area contributed by atoms with Gasteiger partial charge in [-0.25, -0.2) is 4.74 Å². The highest BCUT2D eigenvalue weighted by Crippen LogP contribution is 2.36. The number of hydrogen-bond acceptors (Lipinski definition) is 1. The molecule has 1 unspecified atom stereocenters. The zero-order valence-corrected chi connectivity index (χ0v) is 14.9. The maximum Gasteiger partial charge on any atom is 0.185 e. The Kier molecular flexibility index (Phi) is 6.00. The van der Waals surface area contributed by atoms with Crippen LogP contribution >= 0.6 is 0 Å². The van der Waals surface area contributed by atoms with E-state index in [0.717, 1.165) is 4.74 Å². The minimum Gasteiger partial charge on any atom is -0.624 e. The molecule has 2 nitrogen and oxygen atoms in total. The van der Waals surface area contributed by atoms with Crippen molar-refractivity contribution in [2.75, 3.05) is 0 Å². The molecule has 1 rings (SSSR count). The highest BCUT2D eigenvalue weighted by molar-refractivity contribution is 5.49. The van der Waals surface area contributed by atoms with Gasteiger partial charge >= 0.3 is 0 Å². The second-order valence-electron chi connectivity index (χ2n) is 6.87. The van der Waals surface area contributed by atoms with Crippen LogP contribution in [0.3, 0.4) is 0 Å². The summed E-state index contributed by atoms with van der Waals surface area (Å²) in [6, 6.07) is 4.47. The average molecular weight is 289 g/mol. The zero-order chi connectivity index (χ0) is 16.3. The van der Waals surface area contributed by atoms with E-state index in [1.165, 1.54) is 22.3 Å². The van der Waals surface area contributed by atoms with Crippen LogP contribution in [0.5, 0.6) is 0 Å². The molecule has 0 aliphatic rings. The number of rotatable bonds is 5. The minimum absolute atomic E-state index is 0.133. The molecule has 0 amide bonds. The first kappa shape index (κ1) is 17.7. The van der Waals surface area contributed by atoms with Crippen molar-refractivity contribution < 1.29 is 4.74 Å². The zero-order valence-electron chi connectivity index (χ0n) is 14.9. The molecule has 2 heteroatoms. The third-order valence-electron chi connectivity index (χ3n) is 4.23. The van der Waals surface area contributed by atoms with Gasteiger partial charge in [0.1, 0.15) is 6.21 Å². The van der Waals surface area contributed by atoms with Gasteiger partial charge in [-0.1, -0.05) is 53.7 Å². The van der Waals surface area contributed by atoms with Gasteiger partial charge in [-0.2, -0.15) is 0 Å². The van der Waals surface area contributed by atoms with Crippen LogP contribution < -0.4 is 0 Å². The summed E-state index contributed by atoms with van der Waals surface area (Å²) in [5.74, 6) is 1.35. The lowest BCUT2D eigenvalue weighted by Gasteiger charge is -2.25. The van der Waals surface area contributed by atoms with Crippen LogP contribution in [0.1, 0.15) is 101 Å². The number of hydrogen-bond donors (Lipinski definition) is 0. The van der Waals surface area contributed by atoms with Gasteiger partial charge in [-0.05, 0) is 34.4 Å². The van der Waals surface area contributed by atoms with Crippen molar-refractivity contribution in [2.45, 2.75) is 79.2 Å². The fraction of sp³-hybridized carbons (Fsp3) is 0.632. The third-order valence-corrected chi connectivity index (χ3v) is 4.23. The second kappa shape index (κ2) is 7.11. The summed E-state index contributed by atoms with van der Waals surface area (Å²) in [5.41, 5.74) is 5.23. The van der Waals surface area contributed by atoms with E-state index in [1.807, 2.05) is 6.92 Å². The number of hydroxylamine groups is 1. The topological polar surface area (TPSA) is 26.1 Å². The molecule has 0 aromatic heterocycles. The van der Waals surface area contributed by atoms with E-state index >= 15 is 0 Å². The quantitative estimate of drug-likeness (QED) is 0.295. The number of nitrogens with zero attached hydrogens (tertiary/aromatic N) is 1. The molecular formula is C19H31NO. The van der Waals surface area contributed by atoms with Crippen LogP contribution in [-0.2, 0) is 0 Å². The summed E-state index contributed by atoms with van der Waals surface area (Å²) in [4.78, 5) is 0. The van der Waals surface area contributed by atoms with Gasteiger partial charge in [0, 0.05) is 19.4 Å². The van der Waals surface area contributed by atoms with Crippen molar-refractivity contribution in [2.24, 2.45) is 0 Å². The molecule has 0 bridgehead atoms. The van der Waals surface area contributed by atoms with Crippen LogP contribution in [0.4, 0.5) is 0 Å². The maximum absolute atomic E-state index is 12.1. The molecule has 0 saturated heterocycles. The molecule has 0 heterocycles. The van der Waals surface area contributed by atoms with Crippen LogP contribution in [0.15, 0.2) is 12.1 Å². The Morgan fingerprint density at radius 1 is 0.857 bits per heavy atom. The lowest BCUT2D eigenvalue weighted by Crippen LogP contribution is -2.16. The predicted molar refractivity (Wildman–Crippen MR) is 92.5 cm³/mol. The normalized spacial score (nSPS) is 14.3. The van der Waals surface area contributed by atoms with E-state index < -0.39 is 0 Å². The Morgan fingerprint density at radius 3 is 1.57 bits per heavy atom. The highest BCUT2D eigenvalue weighted by Gasteiger charge is 2.24. The van der Waals surface area contributed by atoms with E-state index in [2.05, 4.69) is 53.7 Å². The Balaban J connectivity index is 3.65. The Morgan fingerprint density at radius 2 is 1.29 bits per heavy atom. The molecule has 0 radical (unpaired) electrons. The fourth-order valence-electron chi connectivity index (χ4n) is 2.84. The second-order valence-corrected chi connectivity index (χ2v) is 6.87. The molecule has 1 atom stereocenters. The minimum atomic E-state index is -0.133. The van der Waals surface area contributed by atoms with Gasteiger partial charge in [-0.3, -0.25) is 0 Å². The van der Waals surface area contributed by atoms with Gasteiger partial charge in [0.15, 0.2) is 6.04 Å². The molecule has 0 aliphatic heterocycles. The Hall–Kier alpha value is -1.31. The SMILES string of the molecule is C/C=[N+](\[O-])C(C)c1c(C(C)C)cc(C(C)C)cc1C(C)C. The highest BCUT2D eigenvalue weighted by atomic mass is 16.5. The lowest BCUT2D eigenvalue weighted by atomic mass is 9.82. The van der Waals surface area contributed by atoms with Crippen molar-refractivity contribution in [3.8, 4) is 0 Å². The van der Waals surface area contributed by atoms with Crippen LogP contribution in [0, 0.1) is 5.21 Å².